The number of nitrogens with zero attached hydrogens (tertiary/aromatic N) is 1. The zero-order valence-corrected chi connectivity index (χ0v) is 12.1. The molecule has 1 saturated carbocycles. The number of aromatic nitrogens is 1. The number of fused-ring (bicyclic) bond motifs is 1. The number of benzene rings is 1. The van der Waals surface area contributed by atoms with E-state index in [2.05, 4.69) is 27.8 Å². The molecular weight excluding hydrogens is 292 g/mol. The van der Waals surface area contributed by atoms with E-state index in [0.717, 1.165) is 34.3 Å². The second-order valence-electron chi connectivity index (χ2n) is 5.48. The van der Waals surface area contributed by atoms with Gasteiger partial charge in [-0.3, -0.25) is 0 Å². The third kappa shape index (κ3) is 1.92. The van der Waals surface area contributed by atoms with Gasteiger partial charge in [0.25, 0.3) is 0 Å². The first-order valence-corrected chi connectivity index (χ1v) is 7.24. The van der Waals surface area contributed by atoms with E-state index in [4.69, 9.17) is 10.2 Å². The van der Waals surface area contributed by atoms with Crippen LogP contribution in [-0.2, 0) is 5.41 Å². The van der Waals surface area contributed by atoms with E-state index in [1.807, 2.05) is 12.1 Å². The number of nitrogens with two attached hydrogens (primary N) is 1. The highest BCUT2D eigenvalue weighted by atomic mass is 79.9. The summed E-state index contributed by atoms with van der Waals surface area (Å²) in [5, 5.41) is 0. The quantitative estimate of drug-likeness (QED) is 0.795. The number of oxazole rings is 1. The van der Waals surface area contributed by atoms with Crippen molar-refractivity contribution in [2.45, 2.75) is 44.4 Å². The van der Waals surface area contributed by atoms with Crippen molar-refractivity contribution in [1.29, 1.82) is 0 Å². The zero-order chi connectivity index (χ0) is 12.8. The molecule has 1 aromatic carbocycles. The van der Waals surface area contributed by atoms with E-state index in [1.165, 1.54) is 19.3 Å². The maximum Gasteiger partial charge on any atom is 0.201 e. The normalized spacial score (nSPS) is 19.2. The van der Waals surface area contributed by atoms with Gasteiger partial charge < -0.3 is 10.2 Å². The van der Waals surface area contributed by atoms with E-state index < -0.39 is 0 Å². The van der Waals surface area contributed by atoms with Crippen LogP contribution in [0.15, 0.2) is 21.0 Å². The molecule has 1 aliphatic rings. The molecule has 2 N–H and O–H groups in total. The van der Waals surface area contributed by atoms with Crippen molar-refractivity contribution in [2.75, 3.05) is 5.73 Å². The Morgan fingerprint density at radius 1 is 1.28 bits per heavy atom. The highest BCUT2D eigenvalue weighted by Gasteiger charge is 2.33. The summed E-state index contributed by atoms with van der Waals surface area (Å²) >= 11 is 3.44. The molecule has 0 saturated heterocycles. The first-order chi connectivity index (χ1) is 8.58. The summed E-state index contributed by atoms with van der Waals surface area (Å²) < 4.78 is 6.88. The molecule has 0 bridgehead atoms. The highest BCUT2D eigenvalue weighted by Crippen LogP contribution is 2.40. The smallest absolute Gasteiger partial charge is 0.201 e. The molecule has 96 valence electrons. The summed E-state index contributed by atoms with van der Waals surface area (Å²) in [5.41, 5.74) is 8.28. The summed E-state index contributed by atoms with van der Waals surface area (Å²) in [4.78, 5) is 4.65. The van der Waals surface area contributed by atoms with Crippen LogP contribution in [0.1, 0.15) is 44.9 Å². The third-order valence-electron chi connectivity index (χ3n) is 3.96. The van der Waals surface area contributed by atoms with Crippen LogP contribution >= 0.6 is 15.9 Å². The molecule has 0 amide bonds. The van der Waals surface area contributed by atoms with Crippen molar-refractivity contribution in [3.05, 3.63) is 22.5 Å². The van der Waals surface area contributed by atoms with Crippen LogP contribution in [0.4, 0.5) is 5.69 Å². The molecule has 0 spiro atoms. The highest BCUT2D eigenvalue weighted by molar-refractivity contribution is 9.10. The van der Waals surface area contributed by atoms with Crippen LogP contribution in [0.5, 0.6) is 0 Å². The van der Waals surface area contributed by atoms with E-state index in [1.54, 1.807) is 0 Å². The average Bonchev–Trinajstić information content (AvgIpc) is 2.74. The Balaban J connectivity index is 2.10. The van der Waals surface area contributed by atoms with Gasteiger partial charge in [0.2, 0.25) is 5.89 Å². The maximum absolute atomic E-state index is 5.98. The molecule has 0 atom stereocenters. The largest absolute Gasteiger partial charge is 0.438 e. The fourth-order valence-electron chi connectivity index (χ4n) is 2.83. The van der Waals surface area contributed by atoms with Gasteiger partial charge in [-0.1, -0.05) is 42.1 Å². The minimum absolute atomic E-state index is 0.0795. The van der Waals surface area contributed by atoms with Gasteiger partial charge in [-0.05, 0) is 25.0 Å². The maximum atomic E-state index is 5.98. The Bertz CT molecular complexity index is 585. The number of anilines is 1. The molecule has 3 rings (SSSR count). The molecule has 1 aromatic heterocycles. The molecule has 1 fully saturated rings. The van der Waals surface area contributed by atoms with Crippen LogP contribution in [-0.4, -0.2) is 4.98 Å². The van der Waals surface area contributed by atoms with Crippen molar-refractivity contribution in [2.24, 2.45) is 0 Å². The Morgan fingerprint density at radius 2 is 2.00 bits per heavy atom. The van der Waals surface area contributed by atoms with Crippen molar-refractivity contribution < 1.29 is 4.42 Å². The lowest BCUT2D eigenvalue weighted by atomic mass is 9.76. The van der Waals surface area contributed by atoms with Crippen molar-refractivity contribution in [3.63, 3.8) is 0 Å². The molecule has 4 heteroatoms. The average molecular weight is 309 g/mol. The number of nitrogen functional groups attached to an aromatic ring is 1. The summed E-state index contributed by atoms with van der Waals surface area (Å²) in [5.74, 6) is 0.849. The van der Waals surface area contributed by atoms with E-state index in [0.29, 0.717) is 5.69 Å². The Morgan fingerprint density at radius 3 is 2.72 bits per heavy atom. The lowest BCUT2D eigenvalue weighted by Crippen LogP contribution is -2.25. The topological polar surface area (TPSA) is 52.0 Å². The van der Waals surface area contributed by atoms with E-state index >= 15 is 0 Å². The van der Waals surface area contributed by atoms with Gasteiger partial charge in [-0.15, -0.1) is 0 Å². The SMILES string of the molecule is CC1(c2nc3cc(Br)cc(N)c3o2)CCCCC1. The molecular formula is C14H17BrN2O. The van der Waals surface area contributed by atoms with Gasteiger partial charge in [0, 0.05) is 9.89 Å². The predicted molar refractivity (Wildman–Crippen MR) is 76.6 cm³/mol. The van der Waals surface area contributed by atoms with Crippen LogP contribution in [0.2, 0.25) is 0 Å². The standard InChI is InChI=1S/C14H17BrN2O/c1-14(5-3-2-4-6-14)13-17-11-8-9(15)7-10(16)12(11)18-13/h7-8H,2-6,16H2,1H3. The fourth-order valence-corrected chi connectivity index (χ4v) is 3.29. The second kappa shape index (κ2) is 4.26. The third-order valence-corrected chi connectivity index (χ3v) is 4.41. The lowest BCUT2D eigenvalue weighted by Gasteiger charge is -2.30. The van der Waals surface area contributed by atoms with Crippen LogP contribution in [0, 0.1) is 0 Å². The fraction of sp³-hybridized carbons (Fsp3) is 0.500. The van der Waals surface area contributed by atoms with Crippen molar-refractivity contribution in [1.82, 2.24) is 4.98 Å². The number of halogens is 1. The first kappa shape index (κ1) is 12.0. The van der Waals surface area contributed by atoms with Crippen molar-refractivity contribution in [3.8, 4) is 0 Å². The molecule has 0 unspecified atom stereocenters. The first-order valence-electron chi connectivity index (χ1n) is 6.44. The number of hydrogen-bond donors (Lipinski definition) is 1. The number of rotatable bonds is 1. The second-order valence-corrected chi connectivity index (χ2v) is 6.40. The summed E-state index contributed by atoms with van der Waals surface area (Å²) in [6, 6.07) is 3.82. The van der Waals surface area contributed by atoms with Gasteiger partial charge in [0.15, 0.2) is 5.58 Å². The van der Waals surface area contributed by atoms with Gasteiger partial charge in [-0.25, -0.2) is 4.98 Å². The van der Waals surface area contributed by atoms with Crippen LogP contribution < -0.4 is 5.73 Å². The summed E-state index contributed by atoms with van der Waals surface area (Å²) in [6.07, 6.45) is 6.15. The molecule has 0 aliphatic heterocycles. The lowest BCUT2D eigenvalue weighted by molar-refractivity contribution is 0.263. The molecule has 0 radical (unpaired) electrons. The van der Waals surface area contributed by atoms with Crippen LogP contribution in [0.3, 0.4) is 0 Å². The Labute approximate surface area is 115 Å². The number of hydrogen-bond acceptors (Lipinski definition) is 3. The zero-order valence-electron chi connectivity index (χ0n) is 10.5. The monoisotopic (exact) mass is 308 g/mol. The molecule has 1 aliphatic carbocycles. The van der Waals surface area contributed by atoms with E-state index in [-0.39, 0.29) is 5.41 Å². The predicted octanol–water partition coefficient (Wildman–Crippen LogP) is 4.39. The molecule has 18 heavy (non-hydrogen) atoms. The Kier molecular flexibility index (Phi) is 2.85. The summed E-state index contributed by atoms with van der Waals surface area (Å²) in [7, 11) is 0. The van der Waals surface area contributed by atoms with Gasteiger partial charge in [0.05, 0.1) is 5.69 Å². The molecule has 2 aromatic rings. The van der Waals surface area contributed by atoms with Crippen molar-refractivity contribution >= 4 is 32.7 Å². The van der Waals surface area contributed by atoms with E-state index in [9.17, 15) is 0 Å². The summed E-state index contributed by atoms with van der Waals surface area (Å²) in [6.45, 7) is 2.25. The molecule has 3 nitrogen and oxygen atoms in total. The van der Waals surface area contributed by atoms with Gasteiger partial charge in [0.1, 0.15) is 5.52 Å². The minimum atomic E-state index is 0.0795. The Hall–Kier alpha value is -1.03. The molecule has 1 heterocycles. The minimum Gasteiger partial charge on any atom is -0.438 e. The van der Waals surface area contributed by atoms with Gasteiger partial charge >= 0.3 is 0 Å². The van der Waals surface area contributed by atoms with Crippen LogP contribution in [0.25, 0.3) is 11.1 Å². The van der Waals surface area contributed by atoms with Gasteiger partial charge in [-0.2, -0.15) is 0 Å².